The molecule has 0 amide bonds. The predicted molar refractivity (Wildman–Crippen MR) is 65.6 cm³/mol. The summed E-state index contributed by atoms with van der Waals surface area (Å²) in [4.78, 5) is 10.4. The van der Waals surface area contributed by atoms with Crippen LogP contribution >= 0.6 is 12.6 Å². The SMILES string of the molecule is O=[N+]([O-])c1ccc(S)cc1.[Hg+].[c]1ccccc1. The van der Waals surface area contributed by atoms with Crippen LogP contribution < -0.4 is 0 Å². The molecule has 0 saturated heterocycles. The molecule has 2 aromatic rings. The first-order chi connectivity index (χ1) is 7.70. The van der Waals surface area contributed by atoms with Crippen molar-refractivity contribution in [3.63, 3.8) is 0 Å². The van der Waals surface area contributed by atoms with Gasteiger partial charge in [-0.15, -0.1) is 12.6 Å². The fourth-order valence-corrected chi connectivity index (χ4v) is 1.07. The van der Waals surface area contributed by atoms with Crippen LogP contribution in [0.3, 0.4) is 0 Å². The van der Waals surface area contributed by atoms with Crippen molar-refractivity contribution < 1.29 is 32.6 Å². The van der Waals surface area contributed by atoms with Crippen molar-refractivity contribution >= 4 is 18.3 Å². The van der Waals surface area contributed by atoms with Gasteiger partial charge in [-0.1, -0.05) is 30.3 Å². The van der Waals surface area contributed by atoms with Crippen LogP contribution in [-0.2, 0) is 27.7 Å². The number of hydrogen-bond donors (Lipinski definition) is 1. The number of benzene rings is 2. The topological polar surface area (TPSA) is 43.1 Å². The van der Waals surface area contributed by atoms with Crippen LogP contribution in [-0.4, -0.2) is 4.92 Å². The number of nitro benzene ring substituents is 1. The maximum Gasteiger partial charge on any atom is 1.00 e. The van der Waals surface area contributed by atoms with Gasteiger partial charge < -0.3 is 0 Å². The van der Waals surface area contributed by atoms with E-state index in [9.17, 15) is 10.1 Å². The molecule has 2 aromatic carbocycles. The molecular weight excluding hydrogens is 423 g/mol. The maximum atomic E-state index is 10.1. The number of thiol groups is 1. The van der Waals surface area contributed by atoms with Crippen LogP contribution in [0.15, 0.2) is 59.5 Å². The second kappa shape index (κ2) is 9.19. The fourth-order valence-electron chi connectivity index (χ4n) is 0.916. The second-order valence-electron chi connectivity index (χ2n) is 2.85. The van der Waals surface area contributed by atoms with Gasteiger partial charge in [-0.05, 0) is 18.2 Å². The first kappa shape index (κ1) is 16.1. The second-order valence-corrected chi connectivity index (χ2v) is 3.37. The Morgan fingerprint density at radius 1 is 1.06 bits per heavy atom. The number of non-ortho nitro benzene ring substituents is 1. The van der Waals surface area contributed by atoms with Crippen molar-refractivity contribution in [2.75, 3.05) is 0 Å². The maximum absolute atomic E-state index is 10.1. The van der Waals surface area contributed by atoms with Crippen LogP contribution in [0.1, 0.15) is 0 Å². The van der Waals surface area contributed by atoms with E-state index in [0.29, 0.717) is 0 Å². The van der Waals surface area contributed by atoms with E-state index in [2.05, 4.69) is 18.7 Å². The molecule has 0 spiro atoms. The average Bonchev–Trinajstić information content (AvgIpc) is 2.32. The Balaban J connectivity index is 0.000000316. The summed E-state index contributed by atoms with van der Waals surface area (Å²) >= 11 is 3.98. The van der Waals surface area contributed by atoms with Crippen LogP contribution in [0.4, 0.5) is 5.69 Å². The number of nitrogens with zero attached hydrogens (tertiary/aromatic N) is 1. The monoisotopic (exact) mass is 434 g/mol. The van der Waals surface area contributed by atoms with E-state index >= 15 is 0 Å². The fraction of sp³-hybridized carbons (Fsp3) is 0. The standard InChI is InChI=1S/C6H5NO2S.C6H5.Hg/c8-7(9)5-1-3-6(10)4-2-5;1-2-4-6-5-3-1;/h1-4,10H;1-5H;/q;;+1. The molecule has 82 valence electrons. The smallest absolute Gasteiger partial charge is 0.258 e. The predicted octanol–water partition coefficient (Wildman–Crippen LogP) is 3.37. The van der Waals surface area contributed by atoms with E-state index in [1.807, 2.05) is 30.3 Å². The van der Waals surface area contributed by atoms with E-state index in [1.54, 1.807) is 12.1 Å². The van der Waals surface area contributed by atoms with Crippen LogP contribution in [0.25, 0.3) is 0 Å². The van der Waals surface area contributed by atoms with Crippen molar-refractivity contribution in [1.82, 2.24) is 0 Å². The largest absolute Gasteiger partial charge is 1.00 e. The Kier molecular flexibility index (Phi) is 8.71. The van der Waals surface area contributed by atoms with Crippen molar-refractivity contribution in [2.45, 2.75) is 4.90 Å². The summed E-state index contributed by atoms with van der Waals surface area (Å²) in [7, 11) is 0. The summed E-state index contributed by atoms with van der Waals surface area (Å²) in [6.45, 7) is 0. The minimum absolute atomic E-state index is 0. The zero-order valence-electron chi connectivity index (χ0n) is 9.11. The van der Waals surface area contributed by atoms with E-state index in [4.69, 9.17) is 0 Å². The third kappa shape index (κ3) is 7.12. The van der Waals surface area contributed by atoms with E-state index in [-0.39, 0.29) is 33.4 Å². The van der Waals surface area contributed by atoms with Gasteiger partial charge >= 0.3 is 27.7 Å². The van der Waals surface area contributed by atoms with Gasteiger partial charge in [0.1, 0.15) is 0 Å². The molecule has 0 heterocycles. The summed E-state index contributed by atoms with van der Waals surface area (Å²) < 4.78 is 0. The molecule has 0 unspecified atom stereocenters. The van der Waals surface area contributed by atoms with Crippen LogP contribution in [0.5, 0.6) is 0 Å². The number of rotatable bonds is 1. The first-order valence-electron chi connectivity index (χ1n) is 4.54. The molecule has 0 saturated carbocycles. The van der Waals surface area contributed by atoms with Crippen LogP contribution in [0.2, 0.25) is 0 Å². The first-order valence-corrected chi connectivity index (χ1v) is 4.99. The molecule has 5 heteroatoms. The molecular formula is C12H10HgNO2S+. The van der Waals surface area contributed by atoms with Gasteiger partial charge in [0.2, 0.25) is 0 Å². The summed E-state index contributed by atoms with van der Waals surface area (Å²) in [5, 5.41) is 10.1. The van der Waals surface area contributed by atoms with Gasteiger partial charge in [0.25, 0.3) is 5.69 Å². The normalized spacial score (nSPS) is 8.29. The molecule has 0 fully saturated rings. The summed E-state index contributed by atoms with van der Waals surface area (Å²) in [6, 6.07) is 18.5. The van der Waals surface area contributed by atoms with Crippen molar-refractivity contribution in [1.29, 1.82) is 0 Å². The number of hydrogen-bond acceptors (Lipinski definition) is 3. The molecule has 0 bridgehead atoms. The quantitative estimate of drug-likeness (QED) is 0.325. The van der Waals surface area contributed by atoms with Gasteiger partial charge in [0.15, 0.2) is 0 Å². The molecule has 0 aliphatic carbocycles. The van der Waals surface area contributed by atoms with E-state index in [0.717, 1.165) is 4.90 Å². The van der Waals surface area contributed by atoms with E-state index < -0.39 is 4.92 Å². The summed E-state index contributed by atoms with van der Waals surface area (Å²) in [5.74, 6) is 0. The third-order valence-corrected chi connectivity index (χ3v) is 1.97. The Hall–Kier alpha value is -0.875. The van der Waals surface area contributed by atoms with Gasteiger partial charge in [-0.3, -0.25) is 10.1 Å². The van der Waals surface area contributed by atoms with Crippen molar-refractivity contribution in [3.05, 3.63) is 70.8 Å². The average molecular weight is 433 g/mol. The summed E-state index contributed by atoms with van der Waals surface area (Å²) in [6.07, 6.45) is 0. The Bertz CT molecular complexity index is 407. The van der Waals surface area contributed by atoms with Gasteiger partial charge in [0, 0.05) is 17.0 Å². The zero-order chi connectivity index (χ0) is 11.8. The molecule has 3 nitrogen and oxygen atoms in total. The van der Waals surface area contributed by atoms with Crippen LogP contribution in [0, 0.1) is 16.2 Å². The van der Waals surface area contributed by atoms with Gasteiger partial charge in [-0.25, -0.2) is 0 Å². The minimum Gasteiger partial charge on any atom is -0.258 e. The van der Waals surface area contributed by atoms with Gasteiger partial charge in [0.05, 0.1) is 4.92 Å². The third-order valence-electron chi connectivity index (χ3n) is 1.67. The molecule has 2 rings (SSSR count). The van der Waals surface area contributed by atoms with E-state index in [1.165, 1.54) is 12.1 Å². The van der Waals surface area contributed by atoms with Gasteiger partial charge in [-0.2, -0.15) is 0 Å². The van der Waals surface area contributed by atoms with Crippen molar-refractivity contribution in [2.24, 2.45) is 0 Å². The molecule has 0 aliphatic rings. The molecule has 2 radical (unpaired) electrons. The Morgan fingerprint density at radius 3 is 1.88 bits per heavy atom. The molecule has 0 N–H and O–H groups in total. The molecule has 0 aliphatic heterocycles. The molecule has 17 heavy (non-hydrogen) atoms. The molecule has 0 atom stereocenters. The Labute approximate surface area is 126 Å². The van der Waals surface area contributed by atoms with Crippen molar-refractivity contribution in [3.8, 4) is 0 Å². The Morgan fingerprint density at radius 2 is 1.59 bits per heavy atom. The minimum atomic E-state index is -0.437. The zero-order valence-corrected chi connectivity index (χ0v) is 15.5. The number of nitro groups is 1. The molecule has 0 aromatic heterocycles. The summed E-state index contributed by atoms with van der Waals surface area (Å²) in [5.41, 5.74) is 0.0952.